The Labute approximate surface area is 84.5 Å². The molecule has 0 radical (unpaired) electrons. The van der Waals surface area contributed by atoms with Gasteiger partial charge in [0, 0.05) is 0 Å². The molecule has 1 fully saturated rings. The lowest BCUT2D eigenvalue weighted by atomic mass is 10.2. The van der Waals surface area contributed by atoms with E-state index in [9.17, 15) is 0 Å². The van der Waals surface area contributed by atoms with Crippen LogP contribution in [0.3, 0.4) is 0 Å². The fourth-order valence-corrected chi connectivity index (χ4v) is 1.74. The lowest BCUT2D eigenvalue weighted by molar-refractivity contribution is 0.280. The summed E-state index contributed by atoms with van der Waals surface area (Å²) in [7, 11) is 0. The van der Waals surface area contributed by atoms with Crippen molar-refractivity contribution in [3.63, 3.8) is 0 Å². The molecule has 1 heteroatoms. The molecule has 0 aromatic heterocycles. The predicted molar refractivity (Wildman–Crippen MR) is 61.2 cm³/mol. The third kappa shape index (κ3) is 7.06. The van der Waals surface area contributed by atoms with Crippen molar-refractivity contribution in [2.75, 3.05) is 19.6 Å². The smallest absolute Gasteiger partial charge is 0.00187 e. The summed E-state index contributed by atoms with van der Waals surface area (Å²) in [5.41, 5.74) is 0. The van der Waals surface area contributed by atoms with Crippen molar-refractivity contribution in [1.82, 2.24) is 4.90 Å². The second-order valence-electron chi connectivity index (χ2n) is 3.61. The maximum absolute atomic E-state index is 2.64. The first kappa shape index (κ1) is 13.0. The van der Waals surface area contributed by atoms with E-state index in [1.165, 1.54) is 58.2 Å². The van der Waals surface area contributed by atoms with E-state index in [0.717, 1.165) is 0 Å². The first-order chi connectivity index (χ1) is 6.43. The van der Waals surface area contributed by atoms with E-state index in [1.54, 1.807) is 0 Å². The number of hydrogen-bond donors (Lipinski definition) is 0. The number of hydrogen-bond acceptors (Lipinski definition) is 1. The molecule has 0 unspecified atom stereocenters. The molecule has 13 heavy (non-hydrogen) atoms. The highest BCUT2D eigenvalue weighted by Gasteiger charge is 2.06. The molecule has 1 aliphatic rings. The van der Waals surface area contributed by atoms with Crippen LogP contribution in [-0.2, 0) is 0 Å². The van der Waals surface area contributed by atoms with Gasteiger partial charge in [-0.15, -0.1) is 0 Å². The van der Waals surface area contributed by atoms with Crippen LogP contribution < -0.4 is 0 Å². The maximum Gasteiger partial charge on any atom is -0.00187 e. The monoisotopic (exact) mass is 185 g/mol. The lowest BCUT2D eigenvalue weighted by Gasteiger charge is -2.18. The van der Waals surface area contributed by atoms with Crippen LogP contribution in [0.4, 0.5) is 0 Å². The van der Waals surface area contributed by atoms with Gasteiger partial charge >= 0.3 is 0 Å². The molecular formula is C12H27N. The molecule has 1 aliphatic heterocycles. The van der Waals surface area contributed by atoms with E-state index in [-0.39, 0.29) is 0 Å². The Hall–Kier alpha value is -0.0400. The Balaban J connectivity index is 0.000000671. The fourth-order valence-electron chi connectivity index (χ4n) is 1.74. The number of unbranched alkanes of at least 4 members (excludes halogenated alkanes) is 1. The van der Waals surface area contributed by atoms with Gasteiger partial charge in [-0.2, -0.15) is 0 Å². The predicted octanol–water partition coefficient (Wildman–Crippen LogP) is 3.69. The SMILES string of the molecule is CC.CCCCN1CCCCCC1. The summed E-state index contributed by atoms with van der Waals surface area (Å²) >= 11 is 0. The molecule has 0 spiro atoms. The summed E-state index contributed by atoms with van der Waals surface area (Å²) in [5, 5.41) is 0. The van der Waals surface area contributed by atoms with Crippen LogP contribution in [0.1, 0.15) is 59.3 Å². The number of nitrogens with zero attached hydrogens (tertiary/aromatic N) is 1. The van der Waals surface area contributed by atoms with Gasteiger partial charge in [-0.05, 0) is 38.9 Å². The van der Waals surface area contributed by atoms with E-state index in [4.69, 9.17) is 0 Å². The van der Waals surface area contributed by atoms with Crippen molar-refractivity contribution < 1.29 is 0 Å². The second-order valence-corrected chi connectivity index (χ2v) is 3.61. The zero-order valence-corrected chi connectivity index (χ0v) is 9.81. The van der Waals surface area contributed by atoms with Crippen molar-refractivity contribution in [1.29, 1.82) is 0 Å². The van der Waals surface area contributed by atoms with E-state index >= 15 is 0 Å². The van der Waals surface area contributed by atoms with Crippen LogP contribution in [0.15, 0.2) is 0 Å². The van der Waals surface area contributed by atoms with Crippen LogP contribution >= 0.6 is 0 Å². The van der Waals surface area contributed by atoms with Crippen molar-refractivity contribution in [2.45, 2.75) is 59.3 Å². The molecule has 0 amide bonds. The van der Waals surface area contributed by atoms with Crippen molar-refractivity contribution in [3.05, 3.63) is 0 Å². The van der Waals surface area contributed by atoms with Gasteiger partial charge in [-0.25, -0.2) is 0 Å². The maximum atomic E-state index is 2.64. The van der Waals surface area contributed by atoms with Crippen molar-refractivity contribution >= 4 is 0 Å². The van der Waals surface area contributed by atoms with Gasteiger partial charge in [-0.3, -0.25) is 0 Å². The highest BCUT2D eigenvalue weighted by Crippen LogP contribution is 2.09. The topological polar surface area (TPSA) is 3.24 Å². The summed E-state index contributed by atoms with van der Waals surface area (Å²) in [4.78, 5) is 2.64. The minimum absolute atomic E-state index is 1.34. The highest BCUT2D eigenvalue weighted by atomic mass is 15.1. The zero-order chi connectivity index (χ0) is 9.94. The molecule has 1 nitrogen and oxygen atoms in total. The quantitative estimate of drug-likeness (QED) is 0.648. The standard InChI is InChI=1S/C10H21N.C2H6/c1-2-3-8-11-9-6-4-5-7-10-11;1-2/h2-10H2,1H3;1-2H3. The van der Waals surface area contributed by atoms with Gasteiger partial charge < -0.3 is 4.90 Å². The van der Waals surface area contributed by atoms with Crippen LogP contribution in [0, 0.1) is 0 Å². The van der Waals surface area contributed by atoms with Gasteiger partial charge in [0.2, 0.25) is 0 Å². The van der Waals surface area contributed by atoms with Crippen LogP contribution in [0.2, 0.25) is 0 Å². The lowest BCUT2D eigenvalue weighted by Crippen LogP contribution is -2.25. The summed E-state index contributed by atoms with van der Waals surface area (Å²) in [6.07, 6.45) is 8.52. The molecule has 0 N–H and O–H groups in total. The third-order valence-corrected chi connectivity index (χ3v) is 2.53. The number of likely N-dealkylation sites (tertiary alicyclic amines) is 1. The molecule has 0 aromatic rings. The third-order valence-electron chi connectivity index (χ3n) is 2.53. The van der Waals surface area contributed by atoms with E-state index in [0.29, 0.717) is 0 Å². The Bertz CT molecular complexity index is 83.1. The molecule has 0 aromatic carbocycles. The van der Waals surface area contributed by atoms with E-state index in [1.807, 2.05) is 13.8 Å². The molecule has 1 heterocycles. The van der Waals surface area contributed by atoms with Gasteiger partial charge in [-0.1, -0.05) is 40.0 Å². The summed E-state index contributed by atoms with van der Waals surface area (Å²) in [6.45, 7) is 10.3. The number of rotatable bonds is 3. The van der Waals surface area contributed by atoms with Gasteiger partial charge in [0.15, 0.2) is 0 Å². The average molecular weight is 185 g/mol. The van der Waals surface area contributed by atoms with Crippen molar-refractivity contribution in [2.24, 2.45) is 0 Å². The Kier molecular flexibility index (Phi) is 10.0. The Morgan fingerprint density at radius 1 is 0.923 bits per heavy atom. The summed E-state index contributed by atoms with van der Waals surface area (Å²) in [6, 6.07) is 0. The van der Waals surface area contributed by atoms with Crippen molar-refractivity contribution in [3.8, 4) is 0 Å². The first-order valence-corrected chi connectivity index (χ1v) is 6.16. The molecule has 0 aliphatic carbocycles. The molecule has 0 atom stereocenters. The molecular weight excluding hydrogens is 158 g/mol. The summed E-state index contributed by atoms with van der Waals surface area (Å²) in [5.74, 6) is 0. The Morgan fingerprint density at radius 2 is 1.46 bits per heavy atom. The van der Waals surface area contributed by atoms with Gasteiger partial charge in [0.05, 0.1) is 0 Å². The zero-order valence-electron chi connectivity index (χ0n) is 9.81. The highest BCUT2D eigenvalue weighted by molar-refractivity contribution is 4.62. The van der Waals surface area contributed by atoms with Crippen LogP contribution in [-0.4, -0.2) is 24.5 Å². The fraction of sp³-hybridized carbons (Fsp3) is 1.00. The molecule has 80 valence electrons. The summed E-state index contributed by atoms with van der Waals surface area (Å²) < 4.78 is 0. The average Bonchev–Trinajstić information content (AvgIpc) is 2.46. The minimum atomic E-state index is 1.34. The van der Waals surface area contributed by atoms with Gasteiger partial charge in [0.1, 0.15) is 0 Å². The van der Waals surface area contributed by atoms with E-state index in [2.05, 4.69) is 11.8 Å². The van der Waals surface area contributed by atoms with Crippen LogP contribution in [0.25, 0.3) is 0 Å². The minimum Gasteiger partial charge on any atom is -0.303 e. The van der Waals surface area contributed by atoms with E-state index < -0.39 is 0 Å². The van der Waals surface area contributed by atoms with Gasteiger partial charge in [0.25, 0.3) is 0 Å². The van der Waals surface area contributed by atoms with Crippen LogP contribution in [0.5, 0.6) is 0 Å². The largest absolute Gasteiger partial charge is 0.303 e. The first-order valence-electron chi connectivity index (χ1n) is 6.16. The Morgan fingerprint density at radius 3 is 1.92 bits per heavy atom. The molecule has 1 rings (SSSR count). The second kappa shape index (κ2) is 10.0. The molecule has 0 bridgehead atoms. The molecule has 0 saturated carbocycles. The normalized spacial score (nSPS) is 18.7. The molecule has 1 saturated heterocycles.